The molecule has 1 fully saturated rings. The molecule has 0 spiro atoms. The Morgan fingerprint density at radius 3 is 2.78 bits per heavy atom. The molecule has 0 amide bonds. The average Bonchev–Trinajstić information content (AvgIpc) is 2.66. The first kappa shape index (κ1) is 13.9. The van der Waals surface area contributed by atoms with Crippen molar-refractivity contribution in [1.82, 2.24) is 5.32 Å². The van der Waals surface area contributed by atoms with Crippen LogP contribution in [0, 0.1) is 0 Å². The van der Waals surface area contributed by atoms with Crippen LogP contribution in [0.2, 0.25) is 5.02 Å². The van der Waals surface area contributed by atoms with Gasteiger partial charge in [-0.2, -0.15) is 0 Å². The highest BCUT2D eigenvalue weighted by Gasteiger charge is 2.31. The minimum atomic E-state index is 0.0416. The number of nitrogens with one attached hydrogen (secondary N) is 1. The summed E-state index contributed by atoms with van der Waals surface area (Å²) in [6.07, 6.45) is 2.60. The Hall–Kier alpha value is -0.570. The second kappa shape index (κ2) is 5.60. The highest BCUT2D eigenvalue weighted by molar-refractivity contribution is 6.31. The van der Waals surface area contributed by atoms with Gasteiger partial charge in [0.1, 0.15) is 0 Å². The van der Waals surface area contributed by atoms with Gasteiger partial charge in [-0.05, 0) is 45.2 Å². The Morgan fingerprint density at radius 2 is 2.17 bits per heavy atom. The third-order valence-corrected chi connectivity index (χ3v) is 3.92. The summed E-state index contributed by atoms with van der Waals surface area (Å²) >= 11 is 6.19. The van der Waals surface area contributed by atoms with Gasteiger partial charge in [-0.25, -0.2) is 0 Å². The van der Waals surface area contributed by atoms with E-state index >= 15 is 0 Å². The predicted octanol–water partition coefficient (Wildman–Crippen LogP) is 3.95. The molecule has 1 unspecified atom stereocenters. The predicted molar refractivity (Wildman–Crippen MR) is 76.1 cm³/mol. The van der Waals surface area contributed by atoms with Crippen LogP contribution in [-0.2, 0) is 4.74 Å². The van der Waals surface area contributed by atoms with E-state index in [1.165, 1.54) is 0 Å². The number of hydrogen-bond donors (Lipinski definition) is 1. The first-order chi connectivity index (χ1) is 8.48. The maximum Gasteiger partial charge on any atom is 0.0708 e. The Kier molecular flexibility index (Phi) is 4.31. The Balaban J connectivity index is 1.86. The van der Waals surface area contributed by atoms with E-state index in [1.54, 1.807) is 0 Å². The second-order valence-corrected chi connectivity index (χ2v) is 6.10. The van der Waals surface area contributed by atoms with Crippen LogP contribution in [0.5, 0.6) is 0 Å². The SMILES string of the molecule is C[C@@H](NCC1CCC(C)(C)O1)c1ccccc1Cl. The van der Waals surface area contributed by atoms with Crippen molar-refractivity contribution in [2.75, 3.05) is 6.54 Å². The monoisotopic (exact) mass is 267 g/mol. The molecule has 1 aromatic rings. The molecule has 1 aliphatic heterocycles. The fraction of sp³-hybridized carbons (Fsp3) is 0.600. The van der Waals surface area contributed by atoms with E-state index in [2.05, 4.69) is 32.2 Å². The lowest BCUT2D eigenvalue weighted by Crippen LogP contribution is -2.31. The Morgan fingerprint density at radius 1 is 1.44 bits per heavy atom. The zero-order valence-electron chi connectivity index (χ0n) is 11.4. The van der Waals surface area contributed by atoms with Crippen molar-refractivity contribution < 1.29 is 4.74 Å². The molecule has 2 rings (SSSR count). The first-order valence-corrected chi connectivity index (χ1v) is 7.01. The van der Waals surface area contributed by atoms with E-state index in [-0.39, 0.29) is 11.6 Å². The minimum absolute atomic E-state index is 0.0416. The van der Waals surface area contributed by atoms with Gasteiger partial charge in [-0.3, -0.25) is 0 Å². The van der Waals surface area contributed by atoms with Crippen LogP contribution >= 0.6 is 11.6 Å². The standard InChI is InChI=1S/C15H22ClNO/c1-11(13-6-4-5-7-14(13)16)17-10-12-8-9-15(2,3)18-12/h4-7,11-12,17H,8-10H2,1-3H3/t11-,12?/m1/s1. The van der Waals surface area contributed by atoms with Crippen LogP contribution in [0.25, 0.3) is 0 Å². The number of ether oxygens (including phenoxy) is 1. The smallest absolute Gasteiger partial charge is 0.0708 e. The van der Waals surface area contributed by atoms with Gasteiger partial charge < -0.3 is 10.1 Å². The normalized spacial score (nSPS) is 24.1. The molecule has 100 valence electrons. The van der Waals surface area contributed by atoms with Crippen LogP contribution < -0.4 is 5.32 Å². The summed E-state index contributed by atoms with van der Waals surface area (Å²) in [6.45, 7) is 7.34. The lowest BCUT2D eigenvalue weighted by atomic mass is 10.1. The van der Waals surface area contributed by atoms with Gasteiger partial charge in [0.25, 0.3) is 0 Å². The van der Waals surface area contributed by atoms with Crippen molar-refractivity contribution in [1.29, 1.82) is 0 Å². The zero-order valence-corrected chi connectivity index (χ0v) is 12.1. The van der Waals surface area contributed by atoms with Gasteiger partial charge in [0.05, 0.1) is 11.7 Å². The van der Waals surface area contributed by atoms with Gasteiger partial charge in [-0.1, -0.05) is 29.8 Å². The average molecular weight is 268 g/mol. The highest BCUT2D eigenvalue weighted by atomic mass is 35.5. The minimum Gasteiger partial charge on any atom is -0.371 e. The molecular weight excluding hydrogens is 246 g/mol. The van der Waals surface area contributed by atoms with Crippen molar-refractivity contribution in [2.45, 2.75) is 51.4 Å². The molecule has 0 radical (unpaired) electrons. The lowest BCUT2D eigenvalue weighted by Gasteiger charge is -2.21. The van der Waals surface area contributed by atoms with Crippen molar-refractivity contribution in [3.05, 3.63) is 34.9 Å². The molecule has 0 bridgehead atoms. The van der Waals surface area contributed by atoms with Crippen LogP contribution in [0.15, 0.2) is 24.3 Å². The highest BCUT2D eigenvalue weighted by Crippen LogP contribution is 2.29. The molecule has 2 atom stereocenters. The number of benzene rings is 1. The lowest BCUT2D eigenvalue weighted by molar-refractivity contribution is -0.0150. The maximum absolute atomic E-state index is 6.19. The van der Waals surface area contributed by atoms with E-state index in [0.717, 1.165) is 30.0 Å². The molecule has 3 heteroatoms. The molecule has 18 heavy (non-hydrogen) atoms. The van der Waals surface area contributed by atoms with Crippen molar-refractivity contribution in [3.63, 3.8) is 0 Å². The summed E-state index contributed by atoms with van der Waals surface area (Å²) in [5.74, 6) is 0. The van der Waals surface area contributed by atoms with Gasteiger partial charge in [0, 0.05) is 17.6 Å². The summed E-state index contributed by atoms with van der Waals surface area (Å²) in [7, 11) is 0. The van der Waals surface area contributed by atoms with Gasteiger partial charge in [-0.15, -0.1) is 0 Å². The van der Waals surface area contributed by atoms with Crippen molar-refractivity contribution in [2.24, 2.45) is 0 Å². The van der Waals surface area contributed by atoms with Crippen LogP contribution in [-0.4, -0.2) is 18.2 Å². The summed E-state index contributed by atoms with van der Waals surface area (Å²) in [5.41, 5.74) is 1.19. The van der Waals surface area contributed by atoms with E-state index in [4.69, 9.17) is 16.3 Å². The molecular formula is C15H22ClNO. The van der Waals surface area contributed by atoms with E-state index in [1.807, 2.05) is 18.2 Å². The fourth-order valence-corrected chi connectivity index (χ4v) is 2.77. The van der Waals surface area contributed by atoms with Crippen LogP contribution in [0.3, 0.4) is 0 Å². The molecule has 1 N–H and O–H groups in total. The molecule has 1 aromatic carbocycles. The molecule has 0 saturated carbocycles. The summed E-state index contributed by atoms with van der Waals surface area (Å²) in [4.78, 5) is 0. The van der Waals surface area contributed by atoms with E-state index in [0.29, 0.717) is 6.10 Å². The molecule has 0 aromatic heterocycles. The number of rotatable bonds is 4. The van der Waals surface area contributed by atoms with E-state index < -0.39 is 0 Å². The topological polar surface area (TPSA) is 21.3 Å². The number of halogens is 1. The summed E-state index contributed by atoms with van der Waals surface area (Å²) in [5, 5.41) is 4.33. The third kappa shape index (κ3) is 3.47. The summed E-state index contributed by atoms with van der Waals surface area (Å²) in [6, 6.07) is 8.24. The molecule has 1 saturated heterocycles. The van der Waals surface area contributed by atoms with Gasteiger partial charge in [0.15, 0.2) is 0 Å². The zero-order chi connectivity index (χ0) is 13.2. The van der Waals surface area contributed by atoms with Crippen molar-refractivity contribution >= 4 is 11.6 Å². The van der Waals surface area contributed by atoms with Crippen LogP contribution in [0.4, 0.5) is 0 Å². The summed E-state index contributed by atoms with van der Waals surface area (Å²) < 4.78 is 5.97. The van der Waals surface area contributed by atoms with Gasteiger partial charge in [0.2, 0.25) is 0 Å². The molecule has 1 heterocycles. The third-order valence-electron chi connectivity index (χ3n) is 3.58. The maximum atomic E-state index is 6.19. The molecule has 2 nitrogen and oxygen atoms in total. The fourth-order valence-electron chi connectivity index (χ4n) is 2.47. The molecule has 1 aliphatic rings. The Labute approximate surface area is 115 Å². The van der Waals surface area contributed by atoms with Gasteiger partial charge >= 0.3 is 0 Å². The largest absolute Gasteiger partial charge is 0.371 e. The first-order valence-electron chi connectivity index (χ1n) is 6.63. The quantitative estimate of drug-likeness (QED) is 0.892. The number of hydrogen-bond acceptors (Lipinski definition) is 2. The van der Waals surface area contributed by atoms with Crippen LogP contribution in [0.1, 0.15) is 45.2 Å². The Bertz CT molecular complexity index is 405. The van der Waals surface area contributed by atoms with E-state index in [9.17, 15) is 0 Å². The van der Waals surface area contributed by atoms with Crippen molar-refractivity contribution in [3.8, 4) is 0 Å². The molecule has 0 aliphatic carbocycles. The second-order valence-electron chi connectivity index (χ2n) is 5.69.